The molecule has 0 heterocycles. The van der Waals surface area contributed by atoms with Crippen LogP contribution in [0, 0.1) is 0 Å². The largest absolute Gasteiger partial charge is 0.398 e. The third-order valence-corrected chi connectivity index (χ3v) is 6.87. The third-order valence-electron chi connectivity index (χ3n) is 6.87. The van der Waals surface area contributed by atoms with Crippen molar-refractivity contribution in [2.24, 2.45) is 5.73 Å². The monoisotopic (exact) mass is 569 g/mol. The van der Waals surface area contributed by atoms with E-state index in [9.17, 15) is 14.4 Å². The number of nitrogens with two attached hydrogens (primary N) is 2. The summed E-state index contributed by atoms with van der Waals surface area (Å²) < 4.78 is 0. The number of benzene rings is 5. The van der Waals surface area contributed by atoms with Gasteiger partial charge < -0.3 is 27.0 Å². The molecule has 5 aromatic carbocycles. The van der Waals surface area contributed by atoms with Crippen LogP contribution in [0.2, 0.25) is 0 Å². The van der Waals surface area contributed by atoms with Crippen LogP contribution in [0.3, 0.4) is 0 Å². The number of hydrogen-bond donors (Lipinski definition) is 4. The van der Waals surface area contributed by atoms with E-state index in [0.29, 0.717) is 33.9 Å². The van der Waals surface area contributed by atoms with E-state index in [1.807, 2.05) is 78.9 Å². The van der Waals surface area contributed by atoms with Crippen LogP contribution in [0.5, 0.6) is 0 Å². The van der Waals surface area contributed by atoms with E-state index in [2.05, 4.69) is 10.6 Å². The topological polar surface area (TPSA) is 131 Å². The van der Waals surface area contributed by atoms with Crippen LogP contribution >= 0.6 is 0 Å². The first-order chi connectivity index (χ1) is 20.9. The molecule has 0 saturated heterocycles. The van der Waals surface area contributed by atoms with Crippen LogP contribution < -0.4 is 27.0 Å². The molecule has 0 unspecified atom stereocenters. The molecule has 0 fully saturated rings. The molecular weight excluding hydrogens is 538 g/mol. The number of carbonyl (C=O) groups is 3. The summed E-state index contributed by atoms with van der Waals surface area (Å²) in [7, 11) is 0. The molecule has 8 heteroatoms. The summed E-state index contributed by atoms with van der Waals surface area (Å²) in [5, 5.41) is 5.74. The van der Waals surface area contributed by atoms with Crippen molar-refractivity contribution < 1.29 is 14.4 Å². The average Bonchev–Trinajstić information content (AvgIpc) is 3.02. The van der Waals surface area contributed by atoms with Gasteiger partial charge in [0.05, 0.1) is 13.1 Å². The Labute approximate surface area is 250 Å². The van der Waals surface area contributed by atoms with Gasteiger partial charge in [0, 0.05) is 33.9 Å². The first-order valence-corrected chi connectivity index (χ1v) is 13.7. The van der Waals surface area contributed by atoms with Gasteiger partial charge in [-0.05, 0) is 71.3 Å². The summed E-state index contributed by atoms with van der Waals surface area (Å²) >= 11 is 0. The normalized spacial score (nSPS) is 10.5. The van der Waals surface area contributed by atoms with Gasteiger partial charge in [0.15, 0.2) is 0 Å². The number of primary amides is 1. The van der Waals surface area contributed by atoms with Gasteiger partial charge in [0.1, 0.15) is 0 Å². The minimum Gasteiger partial charge on any atom is -0.398 e. The summed E-state index contributed by atoms with van der Waals surface area (Å²) in [6, 6.07) is 38.6. The molecule has 0 spiro atoms. The van der Waals surface area contributed by atoms with Crippen molar-refractivity contribution in [1.82, 2.24) is 0 Å². The van der Waals surface area contributed by atoms with Crippen LogP contribution in [0.1, 0.15) is 10.4 Å². The lowest BCUT2D eigenvalue weighted by Crippen LogP contribution is -2.39. The maximum absolute atomic E-state index is 13.1. The molecule has 0 aliphatic carbocycles. The van der Waals surface area contributed by atoms with Crippen molar-refractivity contribution in [2.45, 2.75) is 0 Å². The first kappa shape index (κ1) is 28.6. The number of nitrogens with one attached hydrogen (secondary N) is 2. The van der Waals surface area contributed by atoms with Gasteiger partial charge in [0.2, 0.25) is 17.7 Å². The van der Waals surface area contributed by atoms with Crippen molar-refractivity contribution in [2.75, 3.05) is 34.4 Å². The SMILES string of the molecule is NC(=O)c1ccc(N(CC(=O)Nc2ccccc2)CC(=O)Nc2ccccc2)cc1-c1cc(-c2ccccc2)ccc1N. The average molecular weight is 570 g/mol. The Balaban J connectivity index is 1.52. The Morgan fingerprint density at radius 3 is 1.65 bits per heavy atom. The van der Waals surface area contributed by atoms with Crippen LogP contribution in [-0.2, 0) is 9.59 Å². The second-order valence-corrected chi connectivity index (χ2v) is 9.95. The number of amides is 3. The molecule has 8 nitrogen and oxygen atoms in total. The maximum atomic E-state index is 13.1. The molecular formula is C35H31N5O3. The molecule has 0 aromatic heterocycles. The molecule has 0 aliphatic heterocycles. The van der Waals surface area contributed by atoms with E-state index < -0.39 is 5.91 Å². The molecule has 214 valence electrons. The van der Waals surface area contributed by atoms with E-state index >= 15 is 0 Å². The molecule has 0 aliphatic rings. The fraction of sp³-hybridized carbons (Fsp3) is 0.0571. The van der Waals surface area contributed by atoms with E-state index in [4.69, 9.17) is 11.5 Å². The van der Waals surface area contributed by atoms with E-state index in [1.54, 1.807) is 53.4 Å². The second kappa shape index (κ2) is 13.2. The van der Waals surface area contributed by atoms with E-state index in [0.717, 1.165) is 11.1 Å². The maximum Gasteiger partial charge on any atom is 0.249 e. The Bertz CT molecular complexity index is 1690. The molecule has 0 radical (unpaired) electrons. The number of rotatable bonds is 10. The molecule has 5 rings (SSSR count). The van der Waals surface area contributed by atoms with Crippen molar-refractivity contribution >= 4 is 40.5 Å². The second-order valence-electron chi connectivity index (χ2n) is 9.95. The Morgan fingerprint density at radius 2 is 1.12 bits per heavy atom. The number of hydrogen-bond acceptors (Lipinski definition) is 5. The third kappa shape index (κ3) is 7.25. The summed E-state index contributed by atoms with van der Waals surface area (Å²) in [6.07, 6.45) is 0. The van der Waals surface area contributed by atoms with Crippen LogP contribution in [0.15, 0.2) is 127 Å². The Hall–Kier alpha value is -5.89. The van der Waals surface area contributed by atoms with Gasteiger partial charge in [-0.1, -0.05) is 72.8 Å². The number of nitrogen functional groups attached to an aromatic ring is 1. The van der Waals surface area contributed by atoms with Crippen molar-refractivity contribution in [3.8, 4) is 22.3 Å². The zero-order chi connectivity index (χ0) is 30.2. The summed E-state index contributed by atoms with van der Waals surface area (Å²) in [5.41, 5.74) is 17.8. The van der Waals surface area contributed by atoms with Crippen molar-refractivity contribution in [3.63, 3.8) is 0 Å². The van der Waals surface area contributed by atoms with Gasteiger partial charge in [-0.3, -0.25) is 14.4 Å². The standard InChI is InChI=1S/C35H31N5O3/c36-32-19-16-25(24-10-4-1-5-11-24)20-31(32)30-21-28(17-18-29(30)35(37)43)40(22-33(41)38-26-12-6-2-7-13-26)23-34(42)39-27-14-8-3-9-15-27/h1-21H,22-23,36H2,(H2,37,43)(H,38,41)(H,39,42). The van der Waals surface area contributed by atoms with Gasteiger partial charge in [-0.2, -0.15) is 0 Å². The summed E-state index contributed by atoms with van der Waals surface area (Å²) in [4.78, 5) is 40.5. The highest BCUT2D eigenvalue weighted by Crippen LogP contribution is 2.35. The van der Waals surface area contributed by atoms with Crippen LogP contribution in [0.4, 0.5) is 22.7 Å². The molecule has 6 N–H and O–H groups in total. The molecule has 43 heavy (non-hydrogen) atoms. The minimum atomic E-state index is -0.624. The Morgan fingerprint density at radius 1 is 0.581 bits per heavy atom. The molecule has 0 saturated carbocycles. The van der Waals surface area contributed by atoms with Crippen LogP contribution in [-0.4, -0.2) is 30.8 Å². The lowest BCUT2D eigenvalue weighted by atomic mass is 9.93. The lowest BCUT2D eigenvalue weighted by Gasteiger charge is -2.25. The predicted molar refractivity (Wildman–Crippen MR) is 173 cm³/mol. The zero-order valence-corrected chi connectivity index (χ0v) is 23.4. The number of carbonyl (C=O) groups excluding carboxylic acids is 3. The smallest absolute Gasteiger partial charge is 0.249 e. The highest BCUT2D eigenvalue weighted by atomic mass is 16.2. The van der Waals surface area contributed by atoms with Gasteiger partial charge >= 0.3 is 0 Å². The first-order valence-electron chi connectivity index (χ1n) is 13.7. The Kier molecular flexibility index (Phi) is 8.78. The van der Waals surface area contributed by atoms with Crippen molar-refractivity contribution in [3.05, 3.63) is 133 Å². The highest BCUT2D eigenvalue weighted by Gasteiger charge is 2.20. The minimum absolute atomic E-state index is 0.133. The number of anilines is 4. The fourth-order valence-electron chi connectivity index (χ4n) is 4.80. The zero-order valence-electron chi connectivity index (χ0n) is 23.4. The summed E-state index contributed by atoms with van der Waals surface area (Å²) in [5.74, 6) is -1.25. The van der Waals surface area contributed by atoms with E-state index in [1.165, 1.54) is 0 Å². The molecule has 0 atom stereocenters. The predicted octanol–water partition coefficient (Wildman–Crippen LogP) is 5.79. The van der Waals surface area contributed by atoms with Crippen molar-refractivity contribution in [1.29, 1.82) is 0 Å². The lowest BCUT2D eigenvalue weighted by molar-refractivity contribution is -0.115. The quantitative estimate of drug-likeness (QED) is 0.158. The molecule has 3 amide bonds. The van der Waals surface area contributed by atoms with Crippen LogP contribution in [0.25, 0.3) is 22.3 Å². The number of nitrogens with zero attached hydrogens (tertiary/aromatic N) is 1. The number of para-hydroxylation sites is 2. The molecule has 5 aromatic rings. The fourth-order valence-corrected chi connectivity index (χ4v) is 4.80. The molecule has 0 bridgehead atoms. The van der Waals surface area contributed by atoms with Gasteiger partial charge in [-0.15, -0.1) is 0 Å². The van der Waals surface area contributed by atoms with Gasteiger partial charge in [0.25, 0.3) is 0 Å². The van der Waals surface area contributed by atoms with E-state index in [-0.39, 0.29) is 30.5 Å². The summed E-state index contributed by atoms with van der Waals surface area (Å²) in [6.45, 7) is -0.266. The van der Waals surface area contributed by atoms with Gasteiger partial charge in [-0.25, -0.2) is 0 Å². The highest BCUT2D eigenvalue weighted by molar-refractivity contribution is 6.03.